The number of nitrogens with two attached hydrogens (primary N) is 1. The summed E-state index contributed by atoms with van der Waals surface area (Å²) in [4.78, 5) is 4.07. The molecule has 3 atom stereocenters. The Morgan fingerprint density at radius 3 is 2.82 bits per heavy atom. The molecule has 0 spiro atoms. The van der Waals surface area contributed by atoms with Crippen LogP contribution in [0.15, 0.2) is 24.5 Å². The maximum absolute atomic E-state index is 5.75. The Labute approximate surface area is 104 Å². The molecule has 1 aliphatic carbocycles. The van der Waals surface area contributed by atoms with Gasteiger partial charge in [-0.25, -0.2) is 0 Å². The number of pyridine rings is 1. The van der Waals surface area contributed by atoms with Crippen LogP contribution in [0.1, 0.15) is 50.6 Å². The van der Waals surface area contributed by atoms with Crippen molar-refractivity contribution in [2.75, 3.05) is 0 Å². The fraction of sp³-hybridized carbons (Fsp3) is 0.643. The van der Waals surface area contributed by atoms with Crippen LogP contribution in [-0.4, -0.2) is 4.98 Å². The summed E-state index contributed by atoms with van der Waals surface area (Å²) >= 11 is 0. The number of rotatable bonds is 4. The molecule has 0 amide bonds. The van der Waals surface area contributed by atoms with E-state index in [2.05, 4.69) is 29.5 Å². The van der Waals surface area contributed by atoms with Gasteiger partial charge < -0.3 is 0 Å². The third-order valence-electron chi connectivity index (χ3n) is 4.12. The molecule has 3 heteroatoms. The number of hydrogen-bond donors (Lipinski definition) is 2. The Morgan fingerprint density at radius 2 is 2.18 bits per heavy atom. The first-order valence-electron chi connectivity index (χ1n) is 6.71. The van der Waals surface area contributed by atoms with Crippen molar-refractivity contribution < 1.29 is 0 Å². The van der Waals surface area contributed by atoms with Gasteiger partial charge in [-0.1, -0.05) is 26.2 Å². The van der Waals surface area contributed by atoms with Crippen molar-refractivity contribution in [3.8, 4) is 0 Å². The molecule has 1 aliphatic rings. The molecule has 3 unspecified atom stereocenters. The lowest BCUT2D eigenvalue weighted by Crippen LogP contribution is -2.35. The molecule has 1 heterocycles. The molecular weight excluding hydrogens is 210 g/mol. The highest BCUT2D eigenvalue weighted by Crippen LogP contribution is 2.37. The zero-order valence-corrected chi connectivity index (χ0v) is 10.6. The lowest BCUT2D eigenvalue weighted by Gasteiger charge is -2.34. The maximum Gasteiger partial charge on any atom is 0.0489 e. The van der Waals surface area contributed by atoms with Gasteiger partial charge in [0.1, 0.15) is 0 Å². The maximum atomic E-state index is 5.75. The number of hydrazine groups is 1. The highest BCUT2D eigenvalue weighted by molar-refractivity contribution is 5.16. The van der Waals surface area contributed by atoms with Crippen molar-refractivity contribution in [3.05, 3.63) is 30.1 Å². The van der Waals surface area contributed by atoms with Crippen molar-refractivity contribution in [3.63, 3.8) is 0 Å². The summed E-state index contributed by atoms with van der Waals surface area (Å²) in [6.45, 7) is 2.30. The SMILES string of the molecule is CCC1CCCC(C(NN)c2ccncc2)C1. The van der Waals surface area contributed by atoms with Gasteiger partial charge >= 0.3 is 0 Å². The number of nitrogens with one attached hydrogen (secondary N) is 1. The predicted molar refractivity (Wildman–Crippen MR) is 70.0 cm³/mol. The Morgan fingerprint density at radius 1 is 1.41 bits per heavy atom. The predicted octanol–water partition coefficient (Wildman–Crippen LogP) is 2.80. The third kappa shape index (κ3) is 3.05. The van der Waals surface area contributed by atoms with Crippen molar-refractivity contribution in [1.29, 1.82) is 0 Å². The van der Waals surface area contributed by atoms with E-state index in [1.807, 2.05) is 12.4 Å². The Hall–Kier alpha value is -0.930. The monoisotopic (exact) mass is 233 g/mol. The van der Waals surface area contributed by atoms with Crippen LogP contribution >= 0.6 is 0 Å². The molecule has 2 rings (SSSR count). The van der Waals surface area contributed by atoms with Crippen LogP contribution in [0.3, 0.4) is 0 Å². The highest BCUT2D eigenvalue weighted by Gasteiger charge is 2.27. The Kier molecular flexibility index (Phi) is 4.51. The minimum absolute atomic E-state index is 0.285. The molecule has 1 fully saturated rings. The average Bonchev–Trinajstić information content (AvgIpc) is 2.41. The van der Waals surface area contributed by atoms with E-state index < -0.39 is 0 Å². The molecule has 3 nitrogen and oxygen atoms in total. The van der Waals surface area contributed by atoms with Crippen LogP contribution < -0.4 is 11.3 Å². The van der Waals surface area contributed by atoms with E-state index in [0.717, 1.165) is 5.92 Å². The first kappa shape index (κ1) is 12.5. The lowest BCUT2D eigenvalue weighted by atomic mass is 9.75. The zero-order valence-electron chi connectivity index (χ0n) is 10.6. The van der Waals surface area contributed by atoms with E-state index in [4.69, 9.17) is 5.84 Å². The van der Waals surface area contributed by atoms with E-state index in [9.17, 15) is 0 Å². The molecule has 94 valence electrons. The zero-order chi connectivity index (χ0) is 12.1. The highest BCUT2D eigenvalue weighted by atomic mass is 15.2. The summed E-state index contributed by atoms with van der Waals surface area (Å²) in [6.07, 6.45) is 10.3. The molecule has 17 heavy (non-hydrogen) atoms. The molecule has 0 bridgehead atoms. The second-order valence-corrected chi connectivity index (χ2v) is 5.13. The summed E-state index contributed by atoms with van der Waals surface area (Å²) in [5, 5.41) is 0. The lowest BCUT2D eigenvalue weighted by molar-refractivity contribution is 0.210. The van der Waals surface area contributed by atoms with E-state index in [1.54, 1.807) is 0 Å². The topological polar surface area (TPSA) is 50.9 Å². The van der Waals surface area contributed by atoms with Crippen LogP contribution in [0.4, 0.5) is 0 Å². The molecule has 1 saturated carbocycles. The number of hydrogen-bond acceptors (Lipinski definition) is 3. The first-order valence-corrected chi connectivity index (χ1v) is 6.71. The van der Waals surface area contributed by atoms with Gasteiger partial charge in [0.05, 0.1) is 0 Å². The summed E-state index contributed by atoms with van der Waals surface area (Å²) in [7, 11) is 0. The van der Waals surface area contributed by atoms with Crippen molar-refractivity contribution in [2.45, 2.75) is 45.1 Å². The molecule has 1 aromatic rings. The molecule has 0 aliphatic heterocycles. The van der Waals surface area contributed by atoms with Gasteiger partial charge in [-0.05, 0) is 42.4 Å². The van der Waals surface area contributed by atoms with Gasteiger partial charge in [0.25, 0.3) is 0 Å². The van der Waals surface area contributed by atoms with Gasteiger partial charge in [0.2, 0.25) is 0 Å². The number of aromatic nitrogens is 1. The van der Waals surface area contributed by atoms with Gasteiger partial charge in [0, 0.05) is 18.4 Å². The number of nitrogens with zero attached hydrogens (tertiary/aromatic N) is 1. The van der Waals surface area contributed by atoms with Gasteiger partial charge in [-0.15, -0.1) is 0 Å². The quantitative estimate of drug-likeness (QED) is 0.621. The molecule has 0 aromatic carbocycles. The molecule has 0 radical (unpaired) electrons. The van der Waals surface area contributed by atoms with Crippen LogP contribution in [0.2, 0.25) is 0 Å². The molecule has 1 aromatic heterocycles. The normalized spacial score (nSPS) is 26.7. The minimum Gasteiger partial charge on any atom is -0.271 e. The summed E-state index contributed by atoms with van der Waals surface area (Å²) in [5.41, 5.74) is 4.27. The largest absolute Gasteiger partial charge is 0.271 e. The molecular formula is C14H23N3. The van der Waals surface area contributed by atoms with Crippen LogP contribution in [0.25, 0.3) is 0 Å². The fourth-order valence-corrected chi connectivity index (χ4v) is 3.08. The van der Waals surface area contributed by atoms with Gasteiger partial charge in [0.15, 0.2) is 0 Å². The minimum atomic E-state index is 0.285. The standard InChI is InChI=1S/C14H23N3/c1-2-11-4-3-5-13(10-11)14(17-15)12-6-8-16-9-7-12/h6-9,11,13-14,17H,2-5,10,15H2,1H3. The smallest absolute Gasteiger partial charge is 0.0489 e. The summed E-state index contributed by atoms with van der Waals surface area (Å²) in [6, 6.07) is 4.42. The Bertz CT molecular complexity index is 325. The fourth-order valence-electron chi connectivity index (χ4n) is 3.08. The summed E-state index contributed by atoms with van der Waals surface area (Å²) in [5.74, 6) is 7.30. The third-order valence-corrected chi connectivity index (χ3v) is 4.12. The van der Waals surface area contributed by atoms with Gasteiger partial charge in [-0.3, -0.25) is 16.3 Å². The summed E-state index contributed by atoms with van der Waals surface area (Å²) < 4.78 is 0. The van der Waals surface area contributed by atoms with Crippen LogP contribution in [-0.2, 0) is 0 Å². The van der Waals surface area contributed by atoms with Crippen molar-refractivity contribution >= 4 is 0 Å². The molecule has 0 saturated heterocycles. The van der Waals surface area contributed by atoms with Gasteiger partial charge in [-0.2, -0.15) is 0 Å². The molecule has 3 N–H and O–H groups in total. The van der Waals surface area contributed by atoms with E-state index in [1.165, 1.54) is 37.7 Å². The van der Waals surface area contributed by atoms with E-state index in [0.29, 0.717) is 5.92 Å². The van der Waals surface area contributed by atoms with Crippen molar-refractivity contribution in [2.24, 2.45) is 17.7 Å². The average molecular weight is 233 g/mol. The van der Waals surface area contributed by atoms with E-state index >= 15 is 0 Å². The van der Waals surface area contributed by atoms with E-state index in [-0.39, 0.29) is 6.04 Å². The first-order chi connectivity index (χ1) is 8.35. The van der Waals surface area contributed by atoms with Crippen LogP contribution in [0.5, 0.6) is 0 Å². The second kappa shape index (κ2) is 6.12. The second-order valence-electron chi connectivity index (χ2n) is 5.13. The Balaban J connectivity index is 2.08. The van der Waals surface area contributed by atoms with Crippen molar-refractivity contribution in [1.82, 2.24) is 10.4 Å². The van der Waals surface area contributed by atoms with Crippen LogP contribution in [0, 0.1) is 11.8 Å².